The summed E-state index contributed by atoms with van der Waals surface area (Å²) in [6.45, 7) is 2.24. The molecule has 0 spiro atoms. The number of aryl methyl sites for hydroxylation is 2. The van der Waals surface area contributed by atoms with Crippen molar-refractivity contribution in [3.63, 3.8) is 0 Å². The molecule has 1 fully saturated rings. The Morgan fingerprint density at radius 1 is 1.35 bits per heavy atom. The van der Waals surface area contributed by atoms with Gasteiger partial charge in [-0.2, -0.15) is 0 Å². The molecule has 0 unspecified atom stereocenters. The van der Waals surface area contributed by atoms with E-state index in [4.69, 9.17) is 0 Å². The number of fused-ring (bicyclic) bond motifs is 1. The quantitative estimate of drug-likeness (QED) is 0.639. The van der Waals surface area contributed by atoms with Crippen LogP contribution in [-0.4, -0.2) is 36.9 Å². The normalized spacial score (nSPS) is 14.9. The van der Waals surface area contributed by atoms with E-state index in [1.54, 1.807) is 11.5 Å². The third kappa shape index (κ3) is 4.76. The maximum absolute atomic E-state index is 11.8. The lowest BCUT2D eigenvalue weighted by molar-refractivity contribution is -0.425. The van der Waals surface area contributed by atoms with E-state index in [2.05, 4.69) is 15.7 Å². The van der Waals surface area contributed by atoms with Gasteiger partial charge in [-0.15, -0.1) is 0 Å². The van der Waals surface area contributed by atoms with Crippen molar-refractivity contribution in [1.29, 1.82) is 0 Å². The topological polar surface area (TPSA) is 140 Å². The number of aromatic nitrogens is 4. The van der Waals surface area contributed by atoms with Crippen LogP contribution in [-0.2, 0) is 18.4 Å². The number of carbonyl (C=O) groups excluding carboxylic acids is 1. The Morgan fingerprint density at radius 2 is 2.00 bits per heavy atom. The number of hydrogen-bond acceptors (Lipinski definition) is 6. The average molecular weight is 383 g/mol. The number of aliphatic carboxylic acids is 1. The minimum atomic E-state index is -1.22. The zero-order valence-corrected chi connectivity index (χ0v) is 15.9. The molecule has 2 heterocycles. The first-order chi connectivity index (χ1) is 12.3. The molecule has 1 aliphatic rings. The summed E-state index contributed by atoms with van der Waals surface area (Å²) in [6, 6.07) is 0.786. The highest BCUT2D eigenvalue weighted by molar-refractivity contribution is 7.99. The Hall–Kier alpha value is -2.07. The van der Waals surface area contributed by atoms with E-state index in [1.165, 1.54) is 43.7 Å². The second kappa shape index (κ2) is 9.04. The maximum Gasteiger partial charge on any atom is 0.329 e. The van der Waals surface area contributed by atoms with Gasteiger partial charge >= 0.3 is 5.69 Å². The van der Waals surface area contributed by atoms with Crippen LogP contribution in [0.4, 0.5) is 0 Å². The molecule has 0 atom stereocenters. The molecule has 2 aromatic rings. The number of aromatic amines is 1. The third-order valence-corrected chi connectivity index (χ3v) is 5.28. The van der Waals surface area contributed by atoms with Crippen molar-refractivity contribution >= 4 is 28.9 Å². The van der Waals surface area contributed by atoms with Crippen molar-refractivity contribution < 1.29 is 15.6 Å². The van der Waals surface area contributed by atoms with E-state index in [9.17, 15) is 19.5 Å². The lowest BCUT2D eigenvalue weighted by Gasteiger charge is -2.12. The number of imidazole rings is 1. The average Bonchev–Trinajstić information content (AvgIpc) is 2.98. The molecular formula is C16H25N5O4S. The van der Waals surface area contributed by atoms with Gasteiger partial charge in [0.05, 0.1) is 12.0 Å². The lowest BCUT2D eigenvalue weighted by atomic mass is 9.97. The number of H-pyrrole nitrogens is 1. The standard InChI is InChI=1S/C10H12N4O4S.C6H13N/c1-3-14-6-7(11-10(14)19-4-5(15)16)13(2)9(18)12-8(6)17;7-6-4-2-1-3-5-6/h3-4H2,1-2H3,(H,15,16)(H,12,17,18);6H,1-5,7H2. The van der Waals surface area contributed by atoms with E-state index in [0.29, 0.717) is 11.7 Å². The molecule has 4 N–H and O–H groups in total. The number of thioether (sulfide) groups is 1. The minimum Gasteiger partial charge on any atom is -0.549 e. The van der Waals surface area contributed by atoms with Crippen LogP contribution in [0.2, 0.25) is 0 Å². The van der Waals surface area contributed by atoms with Gasteiger partial charge in [-0.3, -0.25) is 14.3 Å². The summed E-state index contributed by atoms with van der Waals surface area (Å²) < 4.78 is 2.78. The predicted octanol–water partition coefficient (Wildman–Crippen LogP) is -1.15. The van der Waals surface area contributed by atoms with Gasteiger partial charge in [-0.25, -0.2) is 9.78 Å². The van der Waals surface area contributed by atoms with Crippen LogP contribution in [0, 0.1) is 0 Å². The summed E-state index contributed by atoms with van der Waals surface area (Å²) in [5.74, 6) is -1.49. The smallest absolute Gasteiger partial charge is 0.329 e. The molecule has 9 nitrogen and oxygen atoms in total. The summed E-state index contributed by atoms with van der Waals surface area (Å²) in [4.78, 5) is 40.1. The first-order valence-corrected chi connectivity index (χ1v) is 9.69. The molecule has 1 saturated carbocycles. The van der Waals surface area contributed by atoms with Crippen LogP contribution in [0.3, 0.4) is 0 Å². The highest BCUT2D eigenvalue weighted by Crippen LogP contribution is 2.20. The Bertz CT molecular complexity index is 879. The number of carboxylic acids is 1. The lowest BCUT2D eigenvalue weighted by Crippen LogP contribution is -2.61. The predicted molar refractivity (Wildman–Crippen MR) is 96.8 cm³/mol. The highest BCUT2D eigenvalue weighted by atomic mass is 32.2. The van der Waals surface area contributed by atoms with Gasteiger partial charge in [0.15, 0.2) is 16.3 Å². The van der Waals surface area contributed by atoms with E-state index in [-0.39, 0.29) is 16.9 Å². The molecule has 26 heavy (non-hydrogen) atoms. The minimum absolute atomic E-state index is 0.233. The maximum atomic E-state index is 11.8. The van der Waals surface area contributed by atoms with Crippen molar-refractivity contribution in [3.05, 3.63) is 20.8 Å². The third-order valence-electron chi connectivity index (χ3n) is 4.33. The molecule has 0 amide bonds. The van der Waals surface area contributed by atoms with E-state index in [1.807, 2.05) is 0 Å². The van der Waals surface area contributed by atoms with E-state index in [0.717, 1.165) is 17.8 Å². The second-order valence-corrected chi connectivity index (χ2v) is 7.24. The largest absolute Gasteiger partial charge is 0.549 e. The number of nitrogens with zero attached hydrogens (tertiary/aromatic N) is 3. The molecule has 0 aliphatic heterocycles. The van der Waals surface area contributed by atoms with Crippen molar-refractivity contribution in [3.8, 4) is 0 Å². The van der Waals surface area contributed by atoms with Crippen molar-refractivity contribution in [2.75, 3.05) is 5.75 Å². The molecule has 3 rings (SSSR count). The number of carboxylic acid groups (broad SMARTS) is 1. The van der Waals surface area contributed by atoms with E-state index >= 15 is 0 Å². The summed E-state index contributed by atoms with van der Waals surface area (Å²) in [7, 11) is 1.49. The zero-order valence-electron chi connectivity index (χ0n) is 15.1. The Balaban J connectivity index is 0.000000290. The fourth-order valence-corrected chi connectivity index (χ4v) is 3.70. The summed E-state index contributed by atoms with van der Waals surface area (Å²) >= 11 is 0.950. The first-order valence-electron chi connectivity index (χ1n) is 8.70. The highest BCUT2D eigenvalue weighted by Gasteiger charge is 2.16. The molecule has 0 radical (unpaired) electrons. The first kappa shape index (κ1) is 20.2. The van der Waals surface area contributed by atoms with Crippen LogP contribution < -0.4 is 22.1 Å². The number of carbonyl (C=O) groups is 1. The van der Waals surface area contributed by atoms with Gasteiger partial charge in [0, 0.05) is 19.3 Å². The Labute approximate surface area is 154 Å². The summed E-state index contributed by atoms with van der Waals surface area (Å²) in [6.07, 6.45) is 7.05. The van der Waals surface area contributed by atoms with Crippen LogP contribution in [0.15, 0.2) is 14.7 Å². The molecule has 10 heteroatoms. The summed E-state index contributed by atoms with van der Waals surface area (Å²) in [5.41, 5.74) is 3.39. The molecular weight excluding hydrogens is 358 g/mol. The summed E-state index contributed by atoms with van der Waals surface area (Å²) in [5, 5.41) is 10.9. The number of nitrogens with one attached hydrogen (secondary N) is 1. The van der Waals surface area contributed by atoms with Gasteiger partial charge in [0.1, 0.15) is 0 Å². The molecule has 144 valence electrons. The molecule has 2 aromatic heterocycles. The zero-order chi connectivity index (χ0) is 19.3. The molecule has 0 aromatic carbocycles. The molecule has 0 saturated heterocycles. The molecule has 1 aliphatic carbocycles. The Kier molecular flexibility index (Phi) is 7.04. The van der Waals surface area contributed by atoms with Gasteiger partial charge < -0.3 is 20.2 Å². The van der Waals surface area contributed by atoms with Crippen LogP contribution in [0.5, 0.6) is 0 Å². The molecule has 0 bridgehead atoms. The number of hydrogen-bond donors (Lipinski definition) is 2. The van der Waals surface area contributed by atoms with Gasteiger partial charge in [-0.05, 0) is 32.6 Å². The fourth-order valence-electron chi connectivity index (χ4n) is 2.93. The van der Waals surface area contributed by atoms with Crippen LogP contribution in [0.25, 0.3) is 11.2 Å². The van der Waals surface area contributed by atoms with Crippen molar-refractivity contribution in [2.24, 2.45) is 7.05 Å². The second-order valence-electron chi connectivity index (χ2n) is 6.29. The van der Waals surface area contributed by atoms with Gasteiger partial charge in [0.2, 0.25) is 0 Å². The number of rotatable bonds is 4. The van der Waals surface area contributed by atoms with Crippen LogP contribution >= 0.6 is 11.8 Å². The van der Waals surface area contributed by atoms with Crippen molar-refractivity contribution in [2.45, 2.75) is 56.8 Å². The Morgan fingerprint density at radius 3 is 2.50 bits per heavy atom. The number of quaternary nitrogens is 1. The van der Waals surface area contributed by atoms with Crippen molar-refractivity contribution in [1.82, 2.24) is 19.1 Å². The van der Waals surface area contributed by atoms with E-state index < -0.39 is 17.2 Å². The van der Waals surface area contributed by atoms with Crippen LogP contribution in [0.1, 0.15) is 39.0 Å². The SMILES string of the molecule is CCn1c(SCC(=O)[O-])nc2c1c(=O)[nH]c(=O)n2C.[NH3+]C1CCCCC1. The monoisotopic (exact) mass is 383 g/mol. The van der Waals surface area contributed by atoms with Gasteiger partial charge in [0.25, 0.3) is 5.56 Å². The van der Waals surface area contributed by atoms with Gasteiger partial charge in [-0.1, -0.05) is 18.2 Å². The fraction of sp³-hybridized carbons (Fsp3) is 0.625.